The van der Waals surface area contributed by atoms with Crippen LogP contribution >= 0.6 is 15.9 Å². The number of hydrogen-bond donors (Lipinski definition) is 0. The van der Waals surface area contributed by atoms with Gasteiger partial charge in [0.15, 0.2) is 5.78 Å². The van der Waals surface area contributed by atoms with E-state index in [1.165, 1.54) is 5.56 Å². The Morgan fingerprint density at radius 1 is 0.808 bits per heavy atom. The Balaban J connectivity index is 1.64. The summed E-state index contributed by atoms with van der Waals surface area (Å²) in [4.78, 5) is 13.1. The Labute approximate surface area is 162 Å². The lowest BCUT2D eigenvalue weighted by molar-refractivity contribution is 0.0961. The van der Waals surface area contributed by atoms with Gasteiger partial charge in [0, 0.05) is 21.9 Å². The summed E-state index contributed by atoms with van der Waals surface area (Å²) in [5.74, 6) is 0.671. The summed E-state index contributed by atoms with van der Waals surface area (Å²) in [6.45, 7) is 0. The predicted octanol–water partition coefficient (Wildman–Crippen LogP) is 6.38. The van der Waals surface area contributed by atoms with Gasteiger partial charge in [0.2, 0.25) is 0 Å². The first-order valence-corrected chi connectivity index (χ1v) is 9.62. The molecular weight excluding hydrogens is 384 g/mol. The molecule has 3 aromatic carbocycles. The summed E-state index contributed by atoms with van der Waals surface area (Å²) in [6.07, 6.45) is 4.33. The molecule has 0 aromatic heterocycles. The Morgan fingerprint density at radius 2 is 1.42 bits per heavy atom. The molecule has 3 atom stereocenters. The molecule has 0 amide bonds. The van der Waals surface area contributed by atoms with Crippen LogP contribution in [0.3, 0.4) is 0 Å². The fourth-order valence-corrected chi connectivity index (χ4v) is 4.19. The molecule has 0 spiro atoms. The zero-order chi connectivity index (χ0) is 17.9. The number of hydrogen-bond acceptors (Lipinski definition) is 1. The maximum atomic E-state index is 13.1. The summed E-state index contributed by atoms with van der Waals surface area (Å²) in [5, 5.41) is 0. The van der Waals surface area contributed by atoms with E-state index >= 15 is 0 Å². The number of carbonyl (C=O) groups is 1. The minimum atomic E-state index is -0.00365. The van der Waals surface area contributed by atoms with E-state index in [1.807, 2.05) is 60.7 Å². The van der Waals surface area contributed by atoms with E-state index in [0.29, 0.717) is 0 Å². The lowest BCUT2D eigenvalue weighted by Crippen LogP contribution is -2.03. The standard InChI is InChI=1S/C24H19BrO/c25-21-14-8-7-13-19(21)22-20(16-15-17-9-3-1-4-10-17)23(22)24(26)18-11-5-2-6-12-18/h1-16,20,22-23H/b16-15+/t20-,22+,23+/m1/s1. The molecule has 128 valence electrons. The van der Waals surface area contributed by atoms with Gasteiger partial charge in [-0.15, -0.1) is 0 Å². The molecule has 2 heteroatoms. The molecule has 1 fully saturated rings. The van der Waals surface area contributed by atoms with Crippen molar-refractivity contribution in [1.29, 1.82) is 0 Å². The molecule has 4 rings (SSSR count). The number of halogens is 1. The second-order valence-corrected chi connectivity index (χ2v) is 7.50. The van der Waals surface area contributed by atoms with Crippen molar-refractivity contribution in [3.8, 4) is 0 Å². The van der Waals surface area contributed by atoms with E-state index in [2.05, 4.69) is 52.3 Å². The smallest absolute Gasteiger partial charge is 0.167 e. The average Bonchev–Trinajstić information content (AvgIpc) is 3.41. The molecule has 0 aliphatic heterocycles. The first-order chi connectivity index (χ1) is 12.8. The van der Waals surface area contributed by atoms with Gasteiger partial charge in [0.1, 0.15) is 0 Å². The molecule has 1 aliphatic rings. The molecule has 1 saturated carbocycles. The Hall–Kier alpha value is -2.45. The van der Waals surface area contributed by atoms with Crippen molar-refractivity contribution in [3.63, 3.8) is 0 Å². The predicted molar refractivity (Wildman–Crippen MR) is 110 cm³/mol. The number of Topliss-reactive ketones (excluding diaryl/α,β-unsaturated/α-hetero) is 1. The van der Waals surface area contributed by atoms with Crippen molar-refractivity contribution in [2.45, 2.75) is 5.92 Å². The van der Waals surface area contributed by atoms with Crippen molar-refractivity contribution < 1.29 is 4.79 Å². The van der Waals surface area contributed by atoms with Crippen LogP contribution in [0.25, 0.3) is 6.08 Å². The monoisotopic (exact) mass is 402 g/mol. The van der Waals surface area contributed by atoms with Crippen molar-refractivity contribution in [1.82, 2.24) is 0 Å². The van der Waals surface area contributed by atoms with Crippen LogP contribution in [0.2, 0.25) is 0 Å². The molecular formula is C24H19BrO. The molecule has 0 bridgehead atoms. The zero-order valence-electron chi connectivity index (χ0n) is 14.3. The maximum absolute atomic E-state index is 13.1. The van der Waals surface area contributed by atoms with Gasteiger partial charge in [0.25, 0.3) is 0 Å². The van der Waals surface area contributed by atoms with Crippen LogP contribution in [0, 0.1) is 11.8 Å². The molecule has 0 saturated heterocycles. The van der Waals surface area contributed by atoms with Gasteiger partial charge < -0.3 is 0 Å². The minimum absolute atomic E-state index is 0.00365. The van der Waals surface area contributed by atoms with Crippen LogP contribution in [0.1, 0.15) is 27.4 Å². The van der Waals surface area contributed by atoms with Gasteiger partial charge in [0.05, 0.1) is 0 Å². The Kier molecular flexibility index (Phi) is 4.85. The SMILES string of the molecule is O=C(c1ccccc1)[C@H]1[C@H](/C=C/c2ccccc2)[C@@H]1c1ccccc1Br. The first kappa shape index (κ1) is 17.0. The first-order valence-electron chi connectivity index (χ1n) is 8.82. The van der Waals surface area contributed by atoms with Crippen LogP contribution in [-0.4, -0.2) is 5.78 Å². The molecule has 1 nitrogen and oxygen atoms in total. The van der Waals surface area contributed by atoms with Crippen LogP contribution in [-0.2, 0) is 0 Å². The fraction of sp³-hybridized carbons (Fsp3) is 0.125. The molecule has 0 N–H and O–H groups in total. The average molecular weight is 403 g/mol. The second kappa shape index (κ2) is 7.43. The highest BCUT2D eigenvalue weighted by molar-refractivity contribution is 9.10. The summed E-state index contributed by atoms with van der Waals surface area (Å²) in [7, 11) is 0. The van der Waals surface area contributed by atoms with Crippen LogP contribution in [0.4, 0.5) is 0 Å². The third-order valence-corrected chi connectivity index (χ3v) is 5.73. The molecule has 0 radical (unpaired) electrons. The minimum Gasteiger partial charge on any atom is -0.294 e. The second-order valence-electron chi connectivity index (χ2n) is 6.65. The van der Waals surface area contributed by atoms with Crippen LogP contribution < -0.4 is 0 Å². The van der Waals surface area contributed by atoms with Crippen molar-refractivity contribution in [3.05, 3.63) is 112 Å². The van der Waals surface area contributed by atoms with Crippen LogP contribution in [0.5, 0.6) is 0 Å². The number of rotatable bonds is 5. The fourth-order valence-electron chi connectivity index (χ4n) is 3.64. The lowest BCUT2D eigenvalue weighted by atomic mass is 10.0. The van der Waals surface area contributed by atoms with Crippen molar-refractivity contribution in [2.75, 3.05) is 0 Å². The van der Waals surface area contributed by atoms with Gasteiger partial charge in [-0.3, -0.25) is 4.79 Å². The third kappa shape index (κ3) is 3.42. The zero-order valence-corrected chi connectivity index (χ0v) is 15.8. The normalized spacial score (nSPS) is 21.7. The van der Waals surface area contributed by atoms with Gasteiger partial charge in [-0.05, 0) is 23.1 Å². The highest BCUT2D eigenvalue weighted by atomic mass is 79.9. The highest BCUT2D eigenvalue weighted by Crippen LogP contribution is 2.57. The number of benzene rings is 3. The number of allylic oxidation sites excluding steroid dienone is 1. The molecule has 26 heavy (non-hydrogen) atoms. The van der Waals surface area contributed by atoms with E-state index in [9.17, 15) is 4.79 Å². The summed E-state index contributed by atoms with van der Waals surface area (Å²) in [5.41, 5.74) is 3.17. The highest BCUT2D eigenvalue weighted by Gasteiger charge is 2.54. The lowest BCUT2D eigenvalue weighted by Gasteiger charge is -2.03. The summed E-state index contributed by atoms with van der Waals surface area (Å²) >= 11 is 3.66. The number of carbonyl (C=O) groups excluding carboxylic acids is 1. The topological polar surface area (TPSA) is 17.1 Å². The van der Waals surface area contributed by atoms with E-state index < -0.39 is 0 Å². The van der Waals surface area contributed by atoms with Crippen LogP contribution in [0.15, 0.2) is 95.5 Å². The van der Waals surface area contributed by atoms with Gasteiger partial charge in [-0.2, -0.15) is 0 Å². The third-order valence-electron chi connectivity index (χ3n) is 5.01. The van der Waals surface area contributed by atoms with E-state index in [-0.39, 0.29) is 23.5 Å². The largest absolute Gasteiger partial charge is 0.294 e. The molecule has 1 aliphatic carbocycles. The van der Waals surface area contributed by atoms with Gasteiger partial charge in [-0.25, -0.2) is 0 Å². The molecule has 3 aromatic rings. The molecule has 0 heterocycles. The van der Waals surface area contributed by atoms with Crippen molar-refractivity contribution >= 4 is 27.8 Å². The van der Waals surface area contributed by atoms with Gasteiger partial charge in [-0.1, -0.05) is 107 Å². The van der Waals surface area contributed by atoms with Gasteiger partial charge >= 0.3 is 0 Å². The Morgan fingerprint density at radius 3 is 2.12 bits per heavy atom. The summed E-state index contributed by atoms with van der Waals surface area (Å²) in [6, 6.07) is 28.1. The quantitative estimate of drug-likeness (QED) is 0.452. The maximum Gasteiger partial charge on any atom is 0.167 e. The summed E-state index contributed by atoms with van der Waals surface area (Å²) < 4.78 is 1.08. The van der Waals surface area contributed by atoms with E-state index in [0.717, 1.165) is 15.6 Å². The Bertz CT molecular complexity index is 931. The molecule has 0 unspecified atom stereocenters. The van der Waals surface area contributed by atoms with Crippen molar-refractivity contribution in [2.24, 2.45) is 11.8 Å². The van der Waals surface area contributed by atoms with E-state index in [4.69, 9.17) is 0 Å². The van der Waals surface area contributed by atoms with E-state index in [1.54, 1.807) is 0 Å². The number of ketones is 1.